The minimum atomic E-state index is 0.0822. The van der Waals surface area contributed by atoms with Crippen molar-refractivity contribution in [3.05, 3.63) is 57.3 Å². The number of nitrogens with zero attached hydrogens (tertiary/aromatic N) is 2. The average molecular weight is 403 g/mol. The molecule has 2 atom stereocenters. The summed E-state index contributed by atoms with van der Waals surface area (Å²) in [4.78, 5) is 19.0. The van der Waals surface area contributed by atoms with Gasteiger partial charge in [0.2, 0.25) is 5.91 Å². The van der Waals surface area contributed by atoms with Gasteiger partial charge in [-0.1, -0.05) is 28.1 Å². The number of pyridine rings is 1. The molecule has 0 bridgehead atoms. The van der Waals surface area contributed by atoms with E-state index in [0.717, 1.165) is 33.5 Å². The van der Waals surface area contributed by atoms with Crippen LogP contribution in [0.1, 0.15) is 34.7 Å². The van der Waals surface area contributed by atoms with Crippen molar-refractivity contribution >= 4 is 21.8 Å². The van der Waals surface area contributed by atoms with Crippen LogP contribution in [-0.4, -0.2) is 29.9 Å². The zero-order valence-corrected chi connectivity index (χ0v) is 16.6. The second-order valence-electron chi connectivity index (χ2n) is 6.74. The van der Waals surface area contributed by atoms with Crippen LogP contribution < -0.4 is 4.74 Å². The van der Waals surface area contributed by atoms with Gasteiger partial charge in [0.05, 0.1) is 19.3 Å². The maximum atomic E-state index is 12.8. The summed E-state index contributed by atoms with van der Waals surface area (Å²) in [6, 6.07) is 8.26. The van der Waals surface area contributed by atoms with Crippen molar-refractivity contribution in [3.8, 4) is 5.75 Å². The van der Waals surface area contributed by atoms with E-state index in [2.05, 4.69) is 33.0 Å². The van der Waals surface area contributed by atoms with Crippen molar-refractivity contribution in [2.75, 3.05) is 14.2 Å². The highest BCUT2D eigenvalue weighted by Crippen LogP contribution is 2.48. The largest absolute Gasteiger partial charge is 0.496 e. The first kappa shape index (κ1) is 17.9. The molecule has 1 amide bonds. The van der Waals surface area contributed by atoms with E-state index in [1.807, 2.05) is 33.0 Å². The molecule has 2 aromatic rings. The predicted molar refractivity (Wildman–Crippen MR) is 102 cm³/mol. The van der Waals surface area contributed by atoms with Gasteiger partial charge in [-0.2, -0.15) is 0 Å². The normalized spacial score (nSPS) is 18.8. The van der Waals surface area contributed by atoms with Crippen LogP contribution in [0.3, 0.4) is 0 Å². The summed E-state index contributed by atoms with van der Waals surface area (Å²) in [7, 11) is 3.52. The Hall–Kier alpha value is -1.88. The van der Waals surface area contributed by atoms with Gasteiger partial charge in [-0.15, -0.1) is 0 Å². The summed E-state index contributed by atoms with van der Waals surface area (Å²) in [6.07, 6.45) is 2.73. The molecule has 1 aliphatic rings. The van der Waals surface area contributed by atoms with Crippen molar-refractivity contribution in [1.29, 1.82) is 0 Å². The van der Waals surface area contributed by atoms with Gasteiger partial charge < -0.3 is 9.64 Å². The fraction of sp³-hybridized carbons (Fsp3) is 0.400. The number of carbonyl (C=O) groups is 1. The summed E-state index contributed by atoms with van der Waals surface area (Å²) in [6.45, 7) is 4.48. The molecule has 1 fully saturated rings. The fourth-order valence-electron chi connectivity index (χ4n) is 3.36. The minimum absolute atomic E-state index is 0.0822. The zero-order valence-electron chi connectivity index (χ0n) is 15.0. The van der Waals surface area contributed by atoms with Gasteiger partial charge in [0.15, 0.2) is 0 Å². The number of halogens is 1. The van der Waals surface area contributed by atoms with E-state index in [-0.39, 0.29) is 11.8 Å². The van der Waals surface area contributed by atoms with Gasteiger partial charge in [0, 0.05) is 34.8 Å². The van der Waals surface area contributed by atoms with Gasteiger partial charge in [-0.25, -0.2) is 0 Å². The van der Waals surface area contributed by atoms with Crippen molar-refractivity contribution < 1.29 is 9.53 Å². The van der Waals surface area contributed by atoms with E-state index in [1.54, 1.807) is 18.2 Å². The Balaban J connectivity index is 1.67. The highest BCUT2D eigenvalue weighted by Gasteiger charge is 2.45. The first-order valence-corrected chi connectivity index (χ1v) is 9.21. The van der Waals surface area contributed by atoms with Gasteiger partial charge in [-0.05, 0) is 43.9 Å². The summed E-state index contributed by atoms with van der Waals surface area (Å²) in [5.41, 5.74) is 4.14. The van der Waals surface area contributed by atoms with Crippen LogP contribution in [0.5, 0.6) is 5.75 Å². The number of carbonyl (C=O) groups excluding carboxylic acids is 1. The second kappa shape index (κ2) is 7.16. The molecule has 5 heteroatoms. The van der Waals surface area contributed by atoms with Crippen molar-refractivity contribution in [3.63, 3.8) is 0 Å². The molecule has 132 valence electrons. The van der Waals surface area contributed by atoms with E-state index >= 15 is 0 Å². The Labute approximate surface area is 157 Å². The third-order valence-corrected chi connectivity index (χ3v) is 5.45. The monoisotopic (exact) mass is 402 g/mol. The Bertz CT molecular complexity index is 789. The lowest BCUT2D eigenvalue weighted by Gasteiger charge is -2.19. The molecule has 1 aromatic heterocycles. The van der Waals surface area contributed by atoms with E-state index in [0.29, 0.717) is 12.5 Å². The molecule has 0 radical (unpaired) electrons. The molecule has 4 nitrogen and oxygen atoms in total. The first-order chi connectivity index (χ1) is 11.9. The summed E-state index contributed by atoms with van der Waals surface area (Å²) >= 11 is 3.45. The van der Waals surface area contributed by atoms with Crippen LogP contribution in [0.2, 0.25) is 0 Å². The number of amides is 1. The average Bonchev–Trinajstić information content (AvgIpc) is 3.38. The Morgan fingerprint density at radius 1 is 1.32 bits per heavy atom. The standard InChI is InChI=1S/C20H23BrN2O2/c1-12-10-22-18(13(2)19(12)25-4)11-23(3)20(24)17-9-16(17)14-5-7-15(21)8-6-14/h5-8,10,16-17H,9,11H2,1-4H3. The van der Waals surface area contributed by atoms with Crippen molar-refractivity contribution in [1.82, 2.24) is 9.88 Å². The number of rotatable bonds is 5. The third kappa shape index (κ3) is 3.71. The summed E-state index contributed by atoms with van der Waals surface area (Å²) < 4.78 is 6.52. The Morgan fingerprint density at radius 3 is 2.64 bits per heavy atom. The van der Waals surface area contributed by atoms with E-state index in [9.17, 15) is 4.79 Å². The molecular formula is C20H23BrN2O2. The molecule has 25 heavy (non-hydrogen) atoms. The number of hydrogen-bond donors (Lipinski definition) is 0. The lowest BCUT2D eigenvalue weighted by molar-refractivity contribution is -0.131. The number of hydrogen-bond acceptors (Lipinski definition) is 3. The van der Waals surface area contributed by atoms with Crippen LogP contribution in [0, 0.1) is 19.8 Å². The molecular weight excluding hydrogens is 380 g/mol. The van der Waals surface area contributed by atoms with Crippen LogP contribution in [0.15, 0.2) is 34.9 Å². The van der Waals surface area contributed by atoms with E-state index in [1.165, 1.54) is 5.56 Å². The zero-order chi connectivity index (χ0) is 18.1. The highest BCUT2D eigenvalue weighted by atomic mass is 79.9. The maximum absolute atomic E-state index is 12.8. The van der Waals surface area contributed by atoms with Gasteiger partial charge >= 0.3 is 0 Å². The quantitative estimate of drug-likeness (QED) is 0.751. The van der Waals surface area contributed by atoms with Crippen LogP contribution in [0.4, 0.5) is 0 Å². The highest BCUT2D eigenvalue weighted by molar-refractivity contribution is 9.10. The van der Waals surface area contributed by atoms with Crippen molar-refractivity contribution in [2.24, 2.45) is 5.92 Å². The molecule has 1 aliphatic carbocycles. The molecule has 1 saturated carbocycles. The Morgan fingerprint density at radius 2 is 2.00 bits per heavy atom. The predicted octanol–water partition coefficient (Wildman–Crippen LogP) is 4.23. The summed E-state index contributed by atoms with van der Waals surface area (Å²) in [5, 5.41) is 0. The summed E-state index contributed by atoms with van der Waals surface area (Å²) in [5.74, 6) is 1.46. The van der Waals surface area contributed by atoms with Gasteiger partial charge in [0.1, 0.15) is 5.75 Å². The molecule has 1 aromatic carbocycles. The molecule has 0 aliphatic heterocycles. The number of methoxy groups -OCH3 is 1. The lowest BCUT2D eigenvalue weighted by atomic mass is 10.1. The van der Waals surface area contributed by atoms with Crippen LogP contribution in [-0.2, 0) is 11.3 Å². The van der Waals surface area contributed by atoms with E-state index in [4.69, 9.17) is 4.74 Å². The maximum Gasteiger partial charge on any atom is 0.226 e. The fourth-order valence-corrected chi connectivity index (χ4v) is 3.63. The molecule has 0 saturated heterocycles. The number of benzene rings is 1. The van der Waals surface area contributed by atoms with Gasteiger partial charge in [-0.3, -0.25) is 9.78 Å². The SMILES string of the molecule is COc1c(C)cnc(CN(C)C(=O)C2CC2c2ccc(Br)cc2)c1C. The Kier molecular flexibility index (Phi) is 5.13. The molecule has 2 unspecified atom stereocenters. The van der Waals surface area contributed by atoms with Gasteiger partial charge in [0.25, 0.3) is 0 Å². The third-order valence-electron chi connectivity index (χ3n) is 4.92. The first-order valence-electron chi connectivity index (χ1n) is 8.42. The topological polar surface area (TPSA) is 42.4 Å². The molecule has 3 rings (SSSR count). The number of aromatic nitrogens is 1. The number of aryl methyl sites for hydroxylation is 1. The van der Waals surface area contributed by atoms with Crippen LogP contribution in [0.25, 0.3) is 0 Å². The molecule has 1 heterocycles. The molecule has 0 N–H and O–H groups in total. The second-order valence-corrected chi connectivity index (χ2v) is 7.66. The molecule has 0 spiro atoms. The van der Waals surface area contributed by atoms with Crippen molar-refractivity contribution in [2.45, 2.75) is 32.7 Å². The van der Waals surface area contributed by atoms with Crippen LogP contribution >= 0.6 is 15.9 Å². The number of ether oxygens (including phenoxy) is 1. The smallest absolute Gasteiger partial charge is 0.226 e. The lowest BCUT2D eigenvalue weighted by Crippen LogP contribution is -2.28. The van der Waals surface area contributed by atoms with E-state index < -0.39 is 0 Å². The minimum Gasteiger partial charge on any atom is -0.496 e.